The molecular formula is C22H19BrN4O. The summed E-state index contributed by atoms with van der Waals surface area (Å²) in [6.45, 7) is 0.0669. The molecule has 0 aliphatic rings. The Morgan fingerprint density at radius 1 is 0.964 bits per heavy atom. The molecule has 0 saturated carbocycles. The van der Waals surface area contributed by atoms with E-state index in [-0.39, 0.29) is 12.6 Å². The van der Waals surface area contributed by atoms with Crippen molar-refractivity contribution in [2.75, 3.05) is 11.9 Å². The molecule has 140 valence electrons. The van der Waals surface area contributed by atoms with Crippen molar-refractivity contribution in [1.29, 1.82) is 0 Å². The molecule has 0 amide bonds. The fourth-order valence-corrected chi connectivity index (χ4v) is 3.73. The van der Waals surface area contributed by atoms with E-state index in [2.05, 4.69) is 26.2 Å². The SMILES string of the molecule is OCC[C@H](Nc1nc(-c2cccnc2)nc2ccccc12)c1ccccc1Br. The third kappa shape index (κ3) is 3.88. The Labute approximate surface area is 171 Å². The van der Waals surface area contributed by atoms with Gasteiger partial charge in [-0.1, -0.05) is 46.3 Å². The molecule has 28 heavy (non-hydrogen) atoms. The summed E-state index contributed by atoms with van der Waals surface area (Å²) in [6, 6.07) is 19.6. The van der Waals surface area contributed by atoms with Crippen LogP contribution >= 0.6 is 15.9 Å². The summed E-state index contributed by atoms with van der Waals surface area (Å²) in [6.07, 6.45) is 4.05. The lowest BCUT2D eigenvalue weighted by molar-refractivity contribution is 0.280. The molecular weight excluding hydrogens is 416 g/mol. The minimum absolute atomic E-state index is 0.0669. The number of rotatable bonds is 6. The van der Waals surface area contributed by atoms with Crippen molar-refractivity contribution < 1.29 is 5.11 Å². The molecule has 0 aliphatic carbocycles. The van der Waals surface area contributed by atoms with Crippen LogP contribution in [0.2, 0.25) is 0 Å². The van der Waals surface area contributed by atoms with E-state index in [1.807, 2.05) is 60.7 Å². The topological polar surface area (TPSA) is 70.9 Å². The van der Waals surface area contributed by atoms with E-state index in [4.69, 9.17) is 9.97 Å². The number of para-hydroxylation sites is 1. The largest absolute Gasteiger partial charge is 0.396 e. The van der Waals surface area contributed by atoms with Crippen LogP contribution in [0.4, 0.5) is 5.82 Å². The van der Waals surface area contributed by atoms with Gasteiger partial charge >= 0.3 is 0 Å². The van der Waals surface area contributed by atoms with Gasteiger partial charge in [0, 0.05) is 34.4 Å². The van der Waals surface area contributed by atoms with E-state index < -0.39 is 0 Å². The van der Waals surface area contributed by atoms with Gasteiger partial charge in [-0.05, 0) is 42.3 Å². The highest BCUT2D eigenvalue weighted by molar-refractivity contribution is 9.10. The Morgan fingerprint density at radius 3 is 2.57 bits per heavy atom. The molecule has 2 aromatic heterocycles. The molecule has 4 rings (SSSR count). The second-order valence-electron chi connectivity index (χ2n) is 6.39. The van der Waals surface area contributed by atoms with Gasteiger partial charge in [-0.2, -0.15) is 0 Å². The first-order chi connectivity index (χ1) is 13.8. The number of nitrogens with zero attached hydrogens (tertiary/aromatic N) is 3. The zero-order chi connectivity index (χ0) is 19.3. The number of halogens is 1. The minimum Gasteiger partial charge on any atom is -0.396 e. The van der Waals surface area contributed by atoms with Crippen LogP contribution in [0.15, 0.2) is 77.5 Å². The summed E-state index contributed by atoms with van der Waals surface area (Å²) in [5.74, 6) is 1.35. The van der Waals surface area contributed by atoms with Crippen LogP contribution in [-0.2, 0) is 0 Å². The molecule has 0 bridgehead atoms. The fourth-order valence-electron chi connectivity index (χ4n) is 3.17. The first kappa shape index (κ1) is 18.5. The second kappa shape index (κ2) is 8.46. The molecule has 1 atom stereocenters. The van der Waals surface area contributed by atoms with Gasteiger partial charge in [-0.3, -0.25) is 4.98 Å². The van der Waals surface area contributed by atoms with Gasteiger partial charge in [0.1, 0.15) is 5.82 Å². The summed E-state index contributed by atoms with van der Waals surface area (Å²) in [5, 5.41) is 14.1. The number of aromatic nitrogens is 3. The Balaban J connectivity index is 1.81. The lowest BCUT2D eigenvalue weighted by Crippen LogP contribution is -2.15. The predicted molar refractivity (Wildman–Crippen MR) is 115 cm³/mol. The third-order valence-corrected chi connectivity index (χ3v) is 5.25. The summed E-state index contributed by atoms with van der Waals surface area (Å²) < 4.78 is 0.992. The van der Waals surface area contributed by atoms with E-state index in [0.29, 0.717) is 12.2 Å². The number of aliphatic hydroxyl groups is 1. The van der Waals surface area contributed by atoms with Crippen molar-refractivity contribution in [3.63, 3.8) is 0 Å². The highest BCUT2D eigenvalue weighted by Gasteiger charge is 2.17. The third-order valence-electron chi connectivity index (χ3n) is 4.53. The van der Waals surface area contributed by atoms with E-state index in [1.54, 1.807) is 12.4 Å². The predicted octanol–water partition coefficient (Wildman–Crippen LogP) is 4.99. The average Bonchev–Trinajstić information content (AvgIpc) is 2.74. The van der Waals surface area contributed by atoms with Crippen LogP contribution in [0.25, 0.3) is 22.3 Å². The highest BCUT2D eigenvalue weighted by Crippen LogP contribution is 2.31. The van der Waals surface area contributed by atoms with Crippen LogP contribution in [0.1, 0.15) is 18.0 Å². The molecule has 0 spiro atoms. The standard InChI is InChI=1S/C22H19BrN4O/c23-18-9-3-1-7-16(18)20(11-13-28)26-22-17-8-2-4-10-19(17)25-21(27-22)15-6-5-12-24-14-15/h1-10,12,14,20,28H,11,13H2,(H,25,26,27)/t20-/m0/s1. The Hall–Kier alpha value is -2.83. The van der Waals surface area contributed by atoms with Crippen molar-refractivity contribution in [2.45, 2.75) is 12.5 Å². The number of hydrogen-bond acceptors (Lipinski definition) is 5. The number of fused-ring (bicyclic) bond motifs is 1. The van der Waals surface area contributed by atoms with Crippen LogP contribution in [0.5, 0.6) is 0 Å². The van der Waals surface area contributed by atoms with Crippen molar-refractivity contribution in [2.24, 2.45) is 0 Å². The summed E-state index contributed by atoms with van der Waals surface area (Å²) in [7, 11) is 0. The van der Waals surface area contributed by atoms with Crippen LogP contribution in [0.3, 0.4) is 0 Å². The van der Waals surface area contributed by atoms with E-state index in [0.717, 1.165) is 32.3 Å². The van der Waals surface area contributed by atoms with Crippen LogP contribution in [0, 0.1) is 0 Å². The summed E-state index contributed by atoms with van der Waals surface area (Å²) in [5.41, 5.74) is 2.78. The zero-order valence-electron chi connectivity index (χ0n) is 15.1. The first-order valence-corrected chi connectivity index (χ1v) is 9.84. The average molecular weight is 435 g/mol. The number of pyridine rings is 1. The fraction of sp³-hybridized carbons (Fsp3) is 0.136. The van der Waals surface area contributed by atoms with E-state index in [9.17, 15) is 5.11 Å². The van der Waals surface area contributed by atoms with Gasteiger partial charge in [0.15, 0.2) is 5.82 Å². The van der Waals surface area contributed by atoms with Gasteiger partial charge in [0.25, 0.3) is 0 Å². The smallest absolute Gasteiger partial charge is 0.163 e. The molecule has 5 nitrogen and oxygen atoms in total. The number of anilines is 1. The number of aliphatic hydroxyl groups excluding tert-OH is 1. The molecule has 2 aromatic carbocycles. The number of benzene rings is 2. The maximum atomic E-state index is 9.62. The van der Waals surface area contributed by atoms with Gasteiger partial charge < -0.3 is 10.4 Å². The molecule has 0 radical (unpaired) electrons. The summed E-state index contributed by atoms with van der Waals surface area (Å²) >= 11 is 3.62. The second-order valence-corrected chi connectivity index (χ2v) is 7.24. The molecule has 6 heteroatoms. The van der Waals surface area contributed by atoms with Gasteiger partial charge in [0.2, 0.25) is 0 Å². The molecule has 2 N–H and O–H groups in total. The Morgan fingerprint density at radius 2 is 1.79 bits per heavy atom. The number of nitrogens with one attached hydrogen (secondary N) is 1. The zero-order valence-corrected chi connectivity index (χ0v) is 16.7. The molecule has 2 heterocycles. The lowest BCUT2D eigenvalue weighted by Gasteiger charge is -2.21. The minimum atomic E-state index is -0.0966. The lowest BCUT2D eigenvalue weighted by atomic mass is 10.0. The van der Waals surface area contributed by atoms with Gasteiger partial charge in [-0.15, -0.1) is 0 Å². The number of hydrogen-bond donors (Lipinski definition) is 2. The quantitative estimate of drug-likeness (QED) is 0.447. The van der Waals surface area contributed by atoms with Crippen molar-refractivity contribution in [3.05, 3.63) is 83.1 Å². The maximum Gasteiger partial charge on any atom is 0.163 e. The molecule has 4 aromatic rings. The molecule has 0 unspecified atom stereocenters. The molecule has 0 fully saturated rings. The first-order valence-electron chi connectivity index (χ1n) is 9.05. The van der Waals surface area contributed by atoms with Crippen molar-refractivity contribution in [3.8, 4) is 11.4 Å². The van der Waals surface area contributed by atoms with E-state index >= 15 is 0 Å². The monoisotopic (exact) mass is 434 g/mol. The van der Waals surface area contributed by atoms with Crippen molar-refractivity contribution in [1.82, 2.24) is 15.0 Å². The Kier molecular flexibility index (Phi) is 5.60. The molecule has 0 aliphatic heterocycles. The van der Waals surface area contributed by atoms with Crippen molar-refractivity contribution >= 4 is 32.7 Å². The maximum absolute atomic E-state index is 9.62. The van der Waals surface area contributed by atoms with Gasteiger partial charge in [0.05, 0.1) is 11.6 Å². The Bertz CT molecular complexity index is 1090. The normalized spacial score (nSPS) is 12.1. The summed E-state index contributed by atoms with van der Waals surface area (Å²) in [4.78, 5) is 13.7. The van der Waals surface area contributed by atoms with Gasteiger partial charge in [-0.25, -0.2) is 9.97 Å². The van der Waals surface area contributed by atoms with Crippen LogP contribution in [-0.4, -0.2) is 26.7 Å². The van der Waals surface area contributed by atoms with E-state index in [1.165, 1.54) is 0 Å². The highest BCUT2D eigenvalue weighted by atomic mass is 79.9. The molecule has 0 saturated heterocycles. The van der Waals surface area contributed by atoms with Crippen LogP contribution < -0.4 is 5.32 Å².